The molecule has 2 aromatic carbocycles. The predicted molar refractivity (Wildman–Crippen MR) is 84.8 cm³/mol. The van der Waals surface area contributed by atoms with Gasteiger partial charge in [-0.1, -0.05) is 70.1 Å². The quantitative estimate of drug-likeness (QED) is 0.649. The van der Waals surface area contributed by atoms with E-state index in [0.29, 0.717) is 37.2 Å². The molecular formula is C13H8Cl5N. The first-order valence-corrected chi connectivity index (χ1v) is 7.16. The molecule has 2 rings (SSSR count). The highest BCUT2D eigenvalue weighted by molar-refractivity contribution is 6.50. The monoisotopic (exact) mass is 353 g/mol. The van der Waals surface area contributed by atoms with E-state index in [-0.39, 0.29) is 0 Å². The van der Waals surface area contributed by atoms with E-state index in [2.05, 4.69) is 0 Å². The second-order valence-corrected chi connectivity index (χ2v) is 5.83. The number of hydrogen-bond donors (Lipinski definition) is 1. The Morgan fingerprint density at radius 3 is 1.84 bits per heavy atom. The first-order chi connectivity index (χ1) is 8.95. The third-order valence-electron chi connectivity index (χ3n) is 2.67. The summed E-state index contributed by atoms with van der Waals surface area (Å²) in [6.07, 6.45) is 0. The zero-order chi connectivity index (χ0) is 14.2. The van der Waals surface area contributed by atoms with Crippen molar-refractivity contribution in [1.29, 1.82) is 0 Å². The second-order valence-electron chi connectivity index (χ2n) is 3.85. The summed E-state index contributed by atoms with van der Waals surface area (Å²) in [6, 6.07) is 6.89. The molecule has 0 aromatic heterocycles. The Morgan fingerprint density at radius 2 is 1.37 bits per heavy atom. The molecule has 0 aliphatic carbocycles. The highest BCUT2D eigenvalue weighted by Gasteiger charge is 2.16. The standard InChI is InChI=1S/C13H8Cl5N/c14-8-3-6(1-2-7(8)5-19)11-12(17)9(15)4-10(16)13(11)18/h1-4H,5,19H2. The van der Waals surface area contributed by atoms with Crippen LogP contribution in [0.5, 0.6) is 0 Å². The lowest BCUT2D eigenvalue weighted by Gasteiger charge is -2.12. The van der Waals surface area contributed by atoms with E-state index in [4.69, 9.17) is 63.7 Å². The van der Waals surface area contributed by atoms with Gasteiger partial charge in [-0.15, -0.1) is 0 Å². The number of hydrogen-bond acceptors (Lipinski definition) is 1. The summed E-state index contributed by atoms with van der Waals surface area (Å²) in [6.45, 7) is 0.358. The molecule has 100 valence electrons. The molecule has 1 nitrogen and oxygen atoms in total. The molecule has 0 aliphatic rings. The zero-order valence-corrected chi connectivity index (χ0v) is 13.3. The Balaban J connectivity index is 2.68. The average molecular weight is 355 g/mol. The molecular weight excluding hydrogens is 347 g/mol. The fourth-order valence-electron chi connectivity index (χ4n) is 1.69. The van der Waals surface area contributed by atoms with Crippen LogP contribution in [-0.4, -0.2) is 0 Å². The van der Waals surface area contributed by atoms with Crippen LogP contribution in [0.3, 0.4) is 0 Å². The average Bonchev–Trinajstić information content (AvgIpc) is 2.37. The van der Waals surface area contributed by atoms with Gasteiger partial charge in [0.05, 0.1) is 20.1 Å². The van der Waals surface area contributed by atoms with Crippen LogP contribution in [0.2, 0.25) is 25.1 Å². The van der Waals surface area contributed by atoms with E-state index in [0.717, 1.165) is 11.1 Å². The number of benzene rings is 2. The Kier molecular flexibility index (Phi) is 4.88. The van der Waals surface area contributed by atoms with Crippen molar-refractivity contribution in [2.45, 2.75) is 6.54 Å². The Hall–Kier alpha value is -0.150. The lowest BCUT2D eigenvalue weighted by atomic mass is 10.0. The van der Waals surface area contributed by atoms with E-state index >= 15 is 0 Å². The van der Waals surface area contributed by atoms with Crippen LogP contribution in [0.1, 0.15) is 5.56 Å². The summed E-state index contributed by atoms with van der Waals surface area (Å²) in [5, 5.41) is 1.90. The minimum Gasteiger partial charge on any atom is -0.326 e. The van der Waals surface area contributed by atoms with Crippen molar-refractivity contribution in [1.82, 2.24) is 0 Å². The molecule has 0 spiro atoms. The summed E-state index contributed by atoms with van der Waals surface area (Å²) in [5.74, 6) is 0. The van der Waals surface area contributed by atoms with Gasteiger partial charge in [-0.3, -0.25) is 0 Å². The van der Waals surface area contributed by atoms with Gasteiger partial charge in [0, 0.05) is 17.1 Å². The highest BCUT2D eigenvalue weighted by atomic mass is 35.5. The first kappa shape index (κ1) is 15.2. The van der Waals surface area contributed by atoms with Crippen molar-refractivity contribution in [3.63, 3.8) is 0 Å². The molecule has 0 atom stereocenters. The van der Waals surface area contributed by atoms with Crippen molar-refractivity contribution in [2.24, 2.45) is 5.73 Å². The normalized spacial score (nSPS) is 10.8. The van der Waals surface area contributed by atoms with Gasteiger partial charge in [0.2, 0.25) is 0 Å². The van der Waals surface area contributed by atoms with Crippen molar-refractivity contribution >= 4 is 58.0 Å². The van der Waals surface area contributed by atoms with Crippen LogP contribution in [0, 0.1) is 0 Å². The third-order valence-corrected chi connectivity index (χ3v) is 4.60. The molecule has 0 radical (unpaired) electrons. The topological polar surface area (TPSA) is 26.0 Å². The van der Waals surface area contributed by atoms with Crippen molar-refractivity contribution in [3.8, 4) is 11.1 Å². The van der Waals surface area contributed by atoms with Gasteiger partial charge in [0.15, 0.2) is 0 Å². The highest BCUT2D eigenvalue weighted by Crippen LogP contribution is 2.43. The molecule has 0 unspecified atom stereocenters. The Morgan fingerprint density at radius 1 is 0.789 bits per heavy atom. The van der Waals surface area contributed by atoms with Gasteiger partial charge in [-0.05, 0) is 23.3 Å². The molecule has 0 saturated heterocycles. The Bertz CT molecular complexity index is 613. The van der Waals surface area contributed by atoms with E-state index in [1.165, 1.54) is 6.07 Å². The number of halogens is 5. The molecule has 2 N–H and O–H groups in total. The van der Waals surface area contributed by atoms with Gasteiger partial charge >= 0.3 is 0 Å². The van der Waals surface area contributed by atoms with Crippen LogP contribution in [0.25, 0.3) is 11.1 Å². The van der Waals surface area contributed by atoms with E-state index < -0.39 is 0 Å². The fraction of sp³-hybridized carbons (Fsp3) is 0.0769. The maximum Gasteiger partial charge on any atom is 0.0686 e. The van der Waals surface area contributed by atoms with Crippen molar-refractivity contribution in [2.75, 3.05) is 0 Å². The number of nitrogens with two attached hydrogens (primary N) is 1. The number of rotatable bonds is 2. The first-order valence-electron chi connectivity index (χ1n) is 5.27. The molecule has 0 heterocycles. The fourth-order valence-corrected chi connectivity index (χ4v) is 2.98. The molecule has 2 aromatic rings. The summed E-state index contributed by atoms with van der Waals surface area (Å²) in [7, 11) is 0. The second kappa shape index (κ2) is 6.09. The summed E-state index contributed by atoms with van der Waals surface area (Å²) in [4.78, 5) is 0. The third kappa shape index (κ3) is 2.97. The van der Waals surface area contributed by atoms with Gasteiger partial charge in [0.1, 0.15) is 0 Å². The van der Waals surface area contributed by atoms with Crippen LogP contribution in [0.15, 0.2) is 24.3 Å². The minimum absolute atomic E-state index is 0.338. The molecule has 0 aliphatic heterocycles. The molecule has 0 amide bonds. The van der Waals surface area contributed by atoms with Gasteiger partial charge in [-0.25, -0.2) is 0 Å². The van der Waals surface area contributed by atoms with E-state index in [1.807, 2.05) is 12.1 Å². The SMILES string of the molecule is NCc1ccc(-c2c(Cl)c(Cl)cc(Cl)c2Cl)cc1Cl. The van der Waals surface area contributed by atoms with Crippen molar-refractivity contribution < 1.29 is 0 Å². The predicted octanol–water partition coefficient (Wildman–Crippen LogP) is 6.08. The maximum absolute atomic E-state index is 6.19. The van der Waals surface area contributed by atoms with Crippen LogP contribution >= 0.6 is 58.0 Å². The van der Waals surface area contributed by atoms with Gasteiger partial charge in [0.25, 0.3) is 0 Å². The van der Waals surface area contributed by atoms with E-state index in [1.54, 1.807) is 6.07 Å². The molecule has 0 fully saturated rings. The zero-order valence-electron chi connectivity index (χ0n) is 9.48. The van der Waals surface area contributed by atoms with Gasteiger partial charge < -0.3 is 5.73 Å². The molecule has 6 heteroatoms. The smallest absolute Gasteiger partial charge is 0.0686 e. The van der Waals surface area contributed by atoms with Crippen LogP contribution < -0.4 is 5.73 Å². The summed E-state index contributed by atoms with van der Waals surface area (Å²) in [5.41, 5.74) is 7.71. The molecule has 0 bridgehead atoms. The minimum atomic E-state index is 0.338. The Labute approximate surface area is 136 Å². The van der Waals surface area contributed by atoms with Crippen molar-refractivity contribution in [3.05, 3.63) is 54.9 Å². The summed E-state index contributed by atoms with van der Waals surface area (Å²) >= 11 is 30.5. The van der Waals surface area contributed by atoms with Crippen LogP contribution in [-0.2, 0) is 6.54 Å². The summed E-state index contributed by atoms with van der Waals surface area (Å²) < 4.78 is 0. The molecule has 19 heavy (non-hydrogen) atoms. The van der Waals surface area contributed by atoms with Crippen LogP contribution in [0.4, 0.5) is 0 Å². The van der Waals surface area contributed by atoms with Gasteiger partial charge in [-0.2, -0.15) is 0 Å². The lowest BCUT2D eigenvalue weighted by Crippen LogP contribution is -1.97. The largest absolute Gasteiger partial charge is 0.326 e. The maximum atomic E-state index is 6.19. The lowest BCUT2D eigenvalue weighted by molar-refractivity contribution is 1.07. The molecule has 0 saturated carbocycles. The van der Waals surface area contributed by atoms with E-state index in [9.17, 15) is 0 Å².